The first-order chi connectivity index (χ1) is 13.4. The van der Waals surface area contributed by atoms with Gasteiger partial charge in [-0.3, -0.25) is 9.59 Å². The molecule has 0 bridgehead atoms. The number of piperidine rings is 1. The summed E-state index contributed by atoms with van der Waals surface area (Å²) >= 11 is 1.32. The summed E-state index contributed by atoms with van der Waals surface area (Å²) in [5.74, 6) is -0.643. The number of aromatic amines is 1. The summed E-state index contributed by atoms with van der Waals surface area (Å²) in [6, 6.07) is 7.55. The number of carbonyl (C=O) groups is 1. The smallest absolute Gasteiger partial charge is 0.248 e. The number of carbonyl (C=O) groups excluding carboxylic acids is 1. The van der Waals surface area contributed by atoms with Crippen LogP contribution in [0.25, 0.3) is 10.9 Å². The molecular weight excluding hydrogens is 400 g/mol. The standard InChI is InChI=1S/C18H18N4O4S2/c23-16-6-3-12-10-14(4-5-15(12)20-16)28(25,26)22-8-1-2-13(11-22)17(24)21-18-19-7-9-27-18/h3-7,9-10,13H,1-2,8,11H2,(H,20,23)(H,19,21,24). The Morgan fingerprint density at radius 1 is 1.29 bits per heavy atom. The first-order valence-corrected chi connectivity index (χ1v) is 11.1. The highest BCUT2D eigenvalue weighted by Crippen LogP contribution is 2.26. The van der Waals surface area contributed by atoms with Gasteiger partial charge in [-0.25, -0.2) is 13.4 Å². The highest BCUT2D eigenvalue weighted by molar-refractivity contribution is 7.89. The molecule has 1 aliphatic rings. The molecule has 1 unspecified atom stereocenters. The maximum atomic E-state index is 13.1. The summed E-state index contributed by atoms with van der Waals surface area (Å²) in [4.78, 5) is 30.7. The van der Waals surface area contributed by atoms with Crippen molar-refractivity contribution in [2.45, 2.75) is 17.7 Å². The molecule has 4 rings (SSSR count). The molecule has 0 aliphatic carbocycles. The van der Waals surface area contributed by atoms with Crippen LogP contribution < -0.4 is 10.9 Å². The molecule has 1 aliphatic heterocycles. The Kier molecular flexibility index (Phi) is 5.00. The maximum absolute atomic E-state index is 13.1. The molecule has 0 spiro atoms. The number of H-pyrrole nitrogens is 1. The monoisotopic (exact) mass is 418 g/mol. The van der Waals surface area contributed by atoms with Gasteiger partial charge in [0.2, 0.25) is 21.5 Å². The molecule has 1 atom stereocenters. The van der Waals surface area contributed by atoms with E-state index < -0.39 is 15.9 Å². The van der Waals surface area contributed by atoms with Gasteiger partial charge < -0.3 is 10.3 Å². The van der Waals surface area contributed by atoms with E-state index in [1.165, 1.54) is 27.8 Å². The van der Waals surface area contributed by atoms with Gasteiger partial charge in [-0.15, -0.1) is 11.3 Å². The average Bonchev–Trinajstić information content (AvgIpc) is 3.20. The van der Waals surface area contributed by atoms with Gasteiger partial charge >= 0.3 is 0 Å². The van der Waals surface area contributed by atoms with E-state index in [0.29, 0.717) is 35.4 Å². The Hall–Kier alpha value is -2.56. The lowest BCUT2D eigenvalue weighted by Crippen LogP contribution is -2.43. The Morgan fingerprint density at radius 2 is 2.14 bits per heavy atom. The molecule has 28 heavy (non-hydrogen) atoms. The van der Waals surface area contributed by atoms with Crippen LogP contribution in [0.15, 0.2) is 51.6 Å². The number of anilines is 1. The fraction of sp³-hybridized carbons (Fsp3) is 0.278. The van der Waals surface area contributed by atoms with Gasteiger partial charge in [-0.2, -0.15) is 4.31 Å². The lowest BCUT2D eigenvalue weighted by molar-refractivity contribution is -0.120. The Labute approximate surface area is 165 Å². The van der Waals surface area contributed by atoms with Crippen molar-refractivity contribution in [1.29, 1.82) is 0 Å². The van der Waals surface area contributed by atoms with Crippen LogP contribution >= 0.6 is 11.3 Å². The van der Waals surface area contributed by atoms with Crippen LogP contribution in [0, 0.1) is 5.92 Å². The second-order valence-corrected chi connectivity index (χ2v) is 9.43. The predicted octanol–water partition coefficient (Wildman–Crippen LogP) is 2.02. The highest BCUT2D eigenvalue weighted by Gasteiger charge is 2.33. The third-order valence-corrected chi connectivity index (χ3v) is 7.30. The van der Waals surface area contributed by atoms with Crippen LogP contribution in [0.5, 0.6) is 0 Å². The molecule has 0 saturated carbocycles. The van der Waals surface area contributed by atoms with E-state index in [0.717, 1.165) is 0 Å². The molecule has 0 radical (unpaired) electrons. The molecule has 3 aromatic rings. The van der Waals surface area contributed by atoms with E-state index in [2.05, 4.69) is 15.3 Å². The van der Waals surface area contributed by atoms with E-state index in [-0.39, 0.29) is 22.9 Å². The van der Waals surface area contributed by atoms with Gasteiger partial charge in [-0.1, -0.05) is 0 Å². The minimum atomic E-state index is -3.74. The number of nitrogens with zero attached hydrogens (tertiary/aromatic N) is 2. The quantitative estimate of drug-likeness (QED) is 0.673. The number of pyridine rings is 1. The first-order valence-electron chi connectivity index (χ1n) is 8.77. The minimum Gasteiger partial charge on any atom is -0.322 e. The fourth-order valence-corrected chi connectivity index (χ4v) is 5.40. The lowest BCUT2D eigenvalue weighted by Gasteiger charge is -2.31. The van der Waals surface area contributed by atoms with Gasteiger partial charge in [0, 0.05) is 36.2 Å². The largest absolute Gasteiger partial charge is 0.322 e. The van der Waals surface area contributed by atoms with Gasteiger partial charge in [0.15, 0.2) is 5.13 Å². The van der Waals surface area contributed by atoms with Crippen molar-refractivity contribution in [3.05, 3.63) is 52.3 Å². The Bertz CT molecular complexity index is 1170. The molecule has 146 valence electrons. The normalized spacial score (nSPS) is 18.2. The molecule has 2 N–H and O–H groups in total. The summed E-state index contributed by atoms with van der Waals surface area (Å²) in [6.07, 6.45) is 2.84. The third-order valence-electron chi connectivity index (χ3n) is 4.75. The summed E-state index contributed by atoms with van der Waals surface area (Å²) in [5, 5.41) is 5.65. The zero-order chi connectivity index (χ0) is 19.7. The molecule has 1 saturated heterocycles. The van der Waals surface area contributed by atoms with Crippen LogP contribution in [-0.4, -0.2) is 41.7 Å². The van der Waals surface area contributed by atoms with E-state index in [4.69, 9.17) is 0 Å². The number of sulfonamides is 1. The molecule has 2 aromatic heterocycles. The third kappa shape index (κ3) is 3.71. The Morgan fingerprint density at radius 3 is 2.93 bits per heavy atom. The predicted molar refractivity (Wildman–Crippen MR) is 107 cm³/mol. The van der Waals surface area contributed by atoms with Gasteiger partial charge in [-0.05, 0) is 42.5 Å². The topological polar surface area (TPSA) is 112 Å². The van der Waals surface area contributed by atoms with Gasteiger partial charge in [0.1, 0.15) is 0 Å². The molecule has 3 heterocycles. The van der Waals surface area contributed by atoms with E-state index in [1.807, 2.05) is 0 Å². The number of aromatic nitrogens is 2. The second kappa shape index (κ2) is 7.46. The van der Waals surface area contributed by atoms with Crippen molar-refractivity contribution in [3.8, 4) is 0 Å². The molecule has 1 fully saturated rings. The van der Waals surface area contributed by atoms with E-state index >= 15 is 0 Å². The molecule has 10 heteroatoms. The van der Waals surface area contributed by atoms with Gasteiger partial charge in [0.25, 0.3) is 0 Å². The SMILES string of the molecule is O=C(Nc1nccs1)C1CCCN(S(=O)(=O)c2ccc3[nH]c(=O)ccc3c2)C1. The van der Waals surface area contributed by atoms with Crippen LogP contribution in [-0.2, 0) is 14.8 Å². The average molecular weight is 419 g/mol. The van der Waals surface area contributed by atoms with Crippen molar-refractivity contribution in [2.24, 2.45) is 5.92 Å². The van der Waals surface area contributed by atoms with Crippen molar-refractivity contribution in [1.82, 2.24) is 14.3 Å². The summed E-state index contributed by atoms with van der Waals surface area (Å²) in [7, 11) is -3.74. The molecule has 1 amide bonds. The van der Waals surface area contributed by atoms with Crippen LogP contribution in [0.1, 0.15) is 12.8 Å². The number of thiazole rings is 1. The van der Waals surface area contributed by atoms with Crippen molar-refractivity contribution in [2.75, 3.05) is 18.4 Å². The minimum absolute atomic E-state index is 0.128. The van der Waals surface area contributed by atoms with Crippen LogP contribution in [0.4, 0.5) is 5.13 Å². The second-order valence-electron chi connectivity index (χ2n) is 6.60. The number of rotatable bonds is 4. The molecule has 1 aromatic carbocycles. The summed E-state index contributed by atoms with van der Waals surface area (Å²) < 4.78 is 27.5. The number of hydrogen-bond acceptors (Lipinski definition) is 6. The number of nitrogens with one attached hydrogen (secondary N) is 2. The van der Waals surface area contributed by atoms with Crippen molar-refractivity contribution in [3.63, 3.8) is 0 Å². The van der Waals surface area contributed by atoms with E-state index in [1.54, 1.807) is 29.8 Å². The zero-order valence-electron chi connectivity index (χ0n) is 14.8. The summed E-state index contributed by atoms with van der Waals surface area (Å²) in [6.45, 7) is 0.496. The maximum Gasteiger partial charge on any atom is 0.248 e. The van der Waals surface area contributed by atoms with Gasteiger partial charge in [0.05, 0.1) is 10.8 Å². The number of hydrogen-bond donors (Lipinski definition) is 2. The van der Waals surface area contributed by atoms with E-state index in [9.17, 15) is 18.0 Å². The molecule has 8 nitrogen and oxygen atoms in total. The lowest BCUT2D eigenvalue weighted by atomic mass is 9.99. The highest BCUT2D eigenvalue weighted by atomic mass is 32.2. The zero-order valence-corrected chi connectivity index (χ0v) is 16.4. The van der Waals surface area contributed by atoms with Crippen LogP contribution in [0.3, 0.4) is 0 Å². The fourth-order valence-electron chi connectivity index (χ4n) is 3.31. The van der Waals surface area contributed by atoms with Crippen molar-refractivity contribution < 1.29 is 13.2 Å². The van der Waals surface area contributed by atoms with Crippen molar-refractivity contribution >= 4 is 43.3 Å². The number of benzene rings is 1. The summed E-state index contributed by atoms with van der Waals surface area (Å²) in [5.41, 5.74) is 0.332. The Balaban J connectivity index is 1.56. The van der Waals surface area contributed by atoms with Crippen LogP contribution in [0.2, 0.25) is 0 Å². The number of amides is 1. The number of fused-ring (bicyclic) bond motifs is 1. The molecular formula is C18H18N4O4S2. The first kappa shape index (κ1) is 18.8.